The van der Waals surface area contributed by atoms with Gasteiger partial charge in [0.25, 0.3) is 0 Å². The van der Waals surface area contributed by atoms with Crippen LogP contribution in [0.3, 0.4) is 0 Å². The van der Waals surface area contributed by atoms with Gasteiger partial charge in [0, 0.05) is 32.3 Å². The third kappa shape index (κ3) is 5.54. The number of nitrogens with zero attached hydrogens (tertiary/aromatic N) is 5. The molecule has 0 saturated heterocycles. The molecule has 0 radical (unpaired) electrons. The molecule has 0 unspecified atom stereocenters. The van der Waals surface area contributed by atoms with Crippen LogP contribution in [0.15, 0.2) is 164 Å². The van der Waals surface area contributed by atoms with Crippen molar-refractivity contribution in [3.63, 3.8) is 0 Å². The quantitative estimate of drug-likeness (QED) is 0.180. The van der Waals surface area contributed by atoms with Gasteiger partial charge in [-0.25, -0.2) is 24.9 Å². The standard InChI is InChI=1S/C43H27N5S/c1-4-13-28(14-5-1)31-19-12-20-32(23-31)42-46-41(30-17-8-3-9-18-30)47-43(48-42)35-25-33(29-15-6-2-7-16-29)24-34(26-35)38-40-39(45-27-44-38)36-21-10-11-22-37(36)49-40/h1-27H. The highest BCUT2D eigenvalue weighted by Crippen LogP contribution is 2.40. The fourth-order valence-electron chi connectivity index (χ4n) is 6.24. The molecule has 3 aromatic heterocycles. The predicted molar refractivity (Wildman–Crippen MR) is 201 cm³/mol. The molecule has 9 rings (SSSR count). The lowest BCUT2D eigenvalue weighted by Gasteiger charge is -2.13. The summed E-state index contributed by atoms with van der Waals surface area (Å²) >= 11 is 1.72. The van der Waals surface area contributed by atoms with Crippen LogP contribution in [-0.4, -0.2) is 24.9 Å². The fourth-order valence-corrected chi connectivity index (χ4v) is 7.41. The summed E-state index contributed by atoms with van der Waals surface area (Å²) in [6.45, 7) is 0. The van der Waals surface area contributed by atoms with Gasteiger partial charge in [-0.1, -0.05) is 127 Å². The number of hydrogen-bond acceptors (Lipinski definition) is 6. The van der Waals surface area contributed by atoms with Crippen LogP contribution in [0.5, 0.6) is 0 Å². The Hall–Kier alpha value is -6.37. The van der Waals surface area contributed by atoms with Gasteiger partial charge in [-0.3, -0.25) is 0 Å². The zero-order valence-corrected chi connectivity index (χ0v) is 27.0. The highest BCUT2D eigenvalue weighted by Gasteiger charge is 2.18. The molecule has 6 aromatic carbocycles. The highest BCUT2D eigenvalue weighted by atomic mass is 32.1. The van der Waals surface area contributed by atoms with Crippen molar-refractivity contribution in [3.8, 4) is 67.7 Å². The normalized spacial score (nSPS) is 11.3. The summed E-state index contributed by atoms with van der Waals surface area (Å²) in [6, 6.07) is 54.2. The Kier molecular flexibility index (Phi) is 7.26. The van der Waals surface area contributed by atoms with E-state index in [0.717, 1.165) is 65.8 Å². The van der Waals surface area contributed by atoms with E-state index in [2.05, 4.69) is 115 Å². The largest absolute Gasteiger partial charge is 0.235 e. The molecule has 0 aliphatic carbocycles. The molecule has 3 heterocycles. The van der Waals surface area contributed by atoms with Gasteiger partial charge in [-0.15, -0.1) is 11.3 Å². The van der Waals surface area contributed by atoms with Crippen LogP contribution >= 0.6 is 11.3 Å². The predicted octanol–water partition coefficient (Wildman–Crippen LogP) is 11.0. The molecule has 0 N–H and O–H groups in total. The van der Waals surface area contributed by atoms with Gasteiger partial charge >= 0.3 is 0 Å². The average Bonchev–Trinajstić information content (AvgIpc) is 3.58. The van der Waals surface area contributed by atoms with Crippen LogP contribution in [0.4, 0.5) is 0 Å². The maximum Gasteiger partial charge on any atom is 0.164 e. The van der Waals surface area contributed by atoms with E-state index in [9.17, 15) is 0 Å². The lowest BCUT2D eigenvalue weighted by molar-refractivity contribution is 1.07. The second-order valence-electron chi connectivity index (χ2n) is 11.8. The van der Waals surface area contributed by atoms with Crippen molar-refractivity contribution >= 4 is 31.6 Å². The van der Waals surface area contributed by atoms with Crippen LogP contribution in [0.2, 0.25) is 0 Å². The maximum absolute atomic E-state index is 5.15. The van der Waals surface area contributed by atoms with E-state index in [1.807, 2.05) is 42.5 Å². The number of fused-ring (bicyclic) bond motifs is 3. The van der Waals surface area contributed by atoms with Crippen LogP contribution in [-0.2, 0) is 0 Å². The van der Waals surface area contributed by atoms with Crippen LogP contribution in [0.25, 0.3) is 88.0 Å². The van der Waals surface area contributed by atoms with Crippen LogP contribution < -0.4 is 0 Å². The molecule has 0 spiro atoms. The molecule has 5 nitrogen and oxygen atoms in total. The van der Waals surface area contributed by atoms with Crippen molar-refractivity contribution in [1.29, 1.82) is 0 Å². The lowest BCUT2D eigenvalue weighted by Crippen LogP contribution is -2.01. The Morgan fingerprint density at radius 3 is 1.61 bits per heavy atom. The van der Waals surface area contributed by atoms with Gasteiger partial charge in [-0.05, 0) is 52.6 Å². The van der Waals surface area contributed by atoms with Crippen molar-refractivity contribution in [2.24, 2.45) is 0 Å². The minimum Gasteiger partial charge on any atom is -0.235 e. The molecule has 0 saturated carbocycles. The molecule has 9 aromatic rings. The summed E-state index contributed by atoms with van der Waals surface area (Å²) in [5, 5.41) is 1.14. The smallest absolute Gasteiger partial charge is 0.164 e. The van der Waals surface area contributed by atoms with Crippen molar-refractivity contribution in [2.45, 2.75) is 0 Å². The highest BCUT2D eigenvalue weighted by molar-refractivity contribution is 7.26. The number of aromatic nitrogens is 5. The summed E-state index contributed by atoms with van der Waals surface area (Å²) in [5.41, 5.74) is 9.94. The van der Waals surface area contributed by atoms with E-state index in [4.69, 9.17) is 24.9 Å². The maximum atomic E-state index is 5.15. The van der Waals surface area contributed by atoms with E-state index in [0.29, 0.717) is 17.5 Å². The van der Waals surface area contributed by atoms with Crippen molar-refractivity contribution in [1.82, 2.24) is 24.9 Å². The second kappa shape index (κ2) is 12.3. The van der Waals surface area contributed by atoms with Gasteiger partial charge in [0.1, 0.15) is 6.33 Å². The first kappa shape index (κ1) is 28.8. The Balaban J connectivity index is 1.27. The molecule has 6 heteroatoms. The molecule has 0 bridgehead atoms. The van der Waals surface area contributed by atoms with Gasteiger partial charge < -0.3 is 0 Å². The van der Waals surface area contributed by atoms with E-state index >= 15 is 0 Å². The van der Waals surface area contributed by atoms with E-state index in [1.54, 1.807) is 17.7 Å². The van der Waals surface area contributed by atoms with Gasteiger partial charge in [0.2, 0.25) is 0 Å². The van der Waals surface area contributed by atoms with Crippen molar-refractivity contribution < 1.29 is 0 Å². The monoisotopic (exact) mass is 645 g/mol. The molecular formula is C43H27N5S. The first-order valence-corrected chi connectivity index (χ1v) is 16.9. The summed E-state index contributed by atoms with van der Waals surface area (Å²) in [7, 11) is 0. The third-order valence-corrected chi connectivity index (χ3v) is 9.79. The van der Waals surface area contributed by atoms with Gasteiger partial charge in [0.05, 0.1) is 15.9 Å². The summed E-state index contributed by atoms with van der Waals surface area (Å²) in [4.78, 5) is 24.8. The first-order chi connectivity index (χ1) is 24.3. The summed E-state index contributed by atoms with van der Waals surface area (Å²) in [6.07, 6.45) is 1.67. The van der Waals surface area contributed by atoms with E-state index in [1.165, 1.54) is 4.70 Å². The number of rotatable bonds is 6. The fraction of sp³-hybridized carbons (Fsp3) is 0. The topological polar surface area (TPSA) is 64.5 Å². The molecule has 0 aliphatic heterocycles. The van der Waals surface area contributed by atoms with Gasteiger partial charge in [-0.2, -0.15) is 0 Å². The lowest BCUT2D eigenvalue weighted by atomic mass is 9.97. The van der Waals surface area contributed by atoms with Crippen LogP contribution in [0.1, 0.15) is 0 Å². The molecule has 0 fully saturated rings. The minimum absolute atomic E-state index is 0.592. The number of hydrogen-bond donors (Lipinski definition) is 0. The molecule has 230 valence electrons. The summed E-state index contributed by atoms with van der Waals surface area (Å²) < 4.78 is 2.24. The Morgan fingerprint density at radius 1 is 0.367 bits per heavy atom. The van der Waals surface area contributed by atoms with Crippen molar-refractivity contribution in [2.75, 3.05) is 0 Å². The Bertz CT molecular complexity index is 2600. The van der Waals surface area contributed by atoms with Gasteiger partial charge in [0.15, 0.2) is 17.5 Å². The molecule has 0 amide bonds. The zero-order chi connectivity index (χ0) is 32.6. The number of thiophene rings is 1. The molecule has 0 atom stereocenters. The number of benzene rings is 6. The first-order valence-electron chi connectivity index (χ1n) is 16.1. The molecule has 49 heavy (non-hydrogen) atoms. The van der Waals surface area contributed by atoms with E-state index in [-0.39, 0.29) is 0 Å². The Morgan fingerprint density at radius 2 is 0.878 bits per heavy atom. The molecular weight excluding hydrogens is 619 g/mol. The van der Waals surface area contributed by atoms with Crippen LogP contribution in [0, 0.1) is 0 Å². The van der Waals surface area contributed by atoms with Crippen molar-refractivity contribution in [3.05, 3.63) is 164 Å². The SMILES string of the molecule is c1ccc(-c2cccc(-c3nc(-c4ccccc4)nc(-c4cc(-c5ccccc5)cc(-c5ncnc6c5sc5ccccc56)c4)n3)c2)cc1. The molecule has 0 aliphatic rings. The summed E-state index contributed by atoms with van der Waals surface area (Å²) in [5.74, 6) is 1.82. The Labute approximate surface area is 287 Å². The zero-order valence-electron chi connectivity index (χ0n) is 26.2. The second-order valence-corrected chi connectivity index (χ2v) is 12.8. The van der Waals surface area contributed by atoms with E-state index < -0.39 is 0 Å². The average molecular weight is 646 g/mol. The third-order valence-electron chi connectivity index (χ3n) is 8.63. The minimum atomic E-state index is 0.592.